The number of hydrogen-bond donors (Lipinski definition) is 0. The zero-order chi connectivity index (χ0) is 11.8. The average Bonchev–Trinajstić information content (AvgIpc) is 2.86. The molecule has 0 aliphatic carbocycles. The number of nitrogens with zero attached hydrogens (tertiary/aromatic N) is 2. The molecule has 0 bridgehead atoms. The van der Waals surface area contributed by atoms with Crippen LogP contribution in [0, 0.1) is 0 Å². The molecule has 0 aliphatic heterocycles. The molecule has 0 N–H and O–H groups in total. The summed E-state index contributed by atoms with van der Waals surface area (Å²) in [5.74, 6) is 0. The van der Waals surface area contributed by atoms with Crippen molar-refractivity contribution in [1.29, 1.82) is 0 Å². The highest BCUT2D eigenvalue weighted by atomic mass is 15.0. The van der Waals surface area contributed by atoms with Crippen LogP contribution in [0.1, 0.15) is 13.8 Å². The predicted molar refractivity (Wildman–Crippen MR) is 72.2 cm³/mol. The summed E-state index contributed by atoms with van der Waals surface area (Å²) in [4.78, 5) is 4.46. The van der Waals surface area contributed by atoms with Gasteiger partial charge in [0, 0.05) is 23.0 Å². The van der Waals surface area contributed by atoms with Crippen LogP contribution in [0.3, 0.4) is 0 Å². The Kier molecular flexibility index (Phi) is 2.22. The van der Waals surface area contributed by atoms with E-state index in [9.17, 15) is 0 Å². The van der Waals surface area contributed by atoms with E-state index in [-0.39, 0.29) is 0 Å². The van der Waals surface area contributed by atoms with E-state index >= 15 is 0 Å². The monoisotopic (exact) mass is 222 g/mol. The van der Waals surface area contributed by atoms with Crippen LogP contribution in [-0.2, 0) is 0 Å². The van der Waals surface area contributed by atoms with Gasteiger partial charge in [0.2, 0.25) is 0 Å². The molecule has 2 aromatic heterocycles. The van der Waals surface area contributed by atoms with Crippen molar-refractivity contribution in [3.8, 4) is 0 Å². The first kappa shape index (κ1) is 10.1. The quantitative estimate of drug-likeness (QED) is 0.569. The Morgan fingerprint density at radius 2 is 1.82 bits per heavy atom. The van der Waals surface area contributed by atoms with Gasteiger partial charge < -0.3 is 0 Å². The Morgan fingerprint density at radius 3 is 2.53 bits per heavy atom. The fraction of sp³-hybridized carbons (Fsp3) is 0.133. The van der Waals surface area contributed by atoms with Gasteiger partial charge in [-0.1, -0.05) is 36.4 Å². The van der Waals surface area contributed by atoms with E-state index in [1.54, 1.807) is 0 Å². The van der Waals surface area contributed by atoms with Gasteiger partial charge in [0.05, 0.1) is 5.35 Å². The molecule has 0 aliphatic rings. The van der Waals surface area contributed by atoms with Crippen LogP contribution >= 0.6 is 0 Å². The number of fused-ring (bicyclic) bond motifs is 3. The number of imidazole rings is 1. The number of hydrogen-bond acceptors (Lipinski definition) is 1. The minimum Gasteiger partial charge on any atom is -0.300 e. The van der Waals surface area contributed by atoms with Gasteiger partial charge in [-0.25, -0.2) is 4.98 Å². The van der Waals surface area contributed by atoms with Gasteiger partial charge in [-0.05, 0) is 19.2 Å². The standard InChI is InChI=1S/C15H14N2/c1-3-11-12-7-5-6-8-13(12)15-16-9-10-17(15)14(11)4-2/h3-10H,1-2H3/b11-3-,14-4+. The third kappa shape index (κ3) is 1.30. The molecule has 0 spiro atoms. The van der Waals surface area contributed by atoms with E-state index in [0.29, 0.717) is 0 Å². The molecular formula is C15H14N2. The van der Waals surface area contributed by atoms with Crippen molar-refractivity contribution < 1.29 is 0 Å². The molecule has 0 amide bonds. The lowest BCUT2D eigenvalue weighted by molar-refractivity contribution is 1.12. The Balaban J connectivity index is 2.82. The second kappa shape index (κ2) is 3.74. The van der Waals surface area contributed by atoms with Gasteiger partial charge in [0.15, 0.2) is 0 Å². The van der Waals surface area contributed by atoms with Crippen LogP contribution in [0.25, 0.3) is 28.6 Å². The number of pyridine rings is 1. The van der Waals surface area contributed by atoms with Gasteiger partial charge in [0.1, 0.15) is 5.65 Å². The molecule has 0 unspecified atom stereocenters. The van der Waals surface area contributed by atoms with Crippen LogP contribution in [0.2, 0.25) is 0 Å². The molecule has 17 heavy (non-hydrogen) atoms. The molecule has 3 rings (SSSR count). The van der Waals surface area contributed by atoms with E-state index in [0.717, 1.165) is 5.65 Å². The van der Waals surface area contributed by atoms with Crippen molar-refractivity contribution in [2.24, 2.45) is 0 Å². The lowest BCUT2D eigenvalue weighted by atomic mass is 10.1. The minimum atomic E-state index is 1.03. The molecule has 84 valence electrons. The van der Waals surface area contributed by atoms with Gasteiger partial charge in [-0.15, -0.1) is 0 Å². The fourth-order valence-electron chi connectivity index (χ4n) is 2.48. The molecule has 0 saturated carbocycles. The zero-order valence-electron chi connectivity index (χ0n) is 10.0. The Hall–Kier alpha value is -2.09. The number of aromatic nitrogens is 2. The largest absolute Gasteiger partial charge is 0.300 e. The van der Waals surface area contributed by atoms with Crippen molar-refractivity contribution in [3.05, 3.63) is 47.2 Å². The first-order valence-corrected chi connectivity index (χ1v) is 5.83. The van der Waals surface area contributed by atoms with Crippen molar-refractivity contribution in [2.45, 2.75) is 13.8 Å². The van der Waals surface area contributed by atoms with Crippen LogP contribution in [-0.4, -0.2) is 9.38 Å². The first-order chi connectivity index (χ1) is 8.36. The van der Waals surface area contributed by atoms with E-state index in [1.807, 2.05) is 12.4 Å². The summed E-state index contributed by atoms with van der Waals surface area (Å²) in [7, 11) is 0. The SMILES string of the molecule is C/C=c1\c(=C/C)n2ccnc2c2ccccc12. The third-order valence-electron chi connectivity index (χ3n) is 3.20. The molecule has 1 aromatic carbocycles. The molecule has 2 heteroatoms. The van der Waals surface area contributed by atoms with Crippen molar-refractivity contribution >= 4 is 28.6 Å². The molecule has 2 heterocycles. The highest BCUT2D eigenvalue weighted by molar-refractivity contribution is 5.94. The predicted octanol–water partition coefficient (Wildman–Crippen LogP) is 2.09. The maximum atomic E-state index is 4.46. The highest BCUT2D eigenvalue weighted by Gasteiger charge is 2.04. The summed E-state index contributed by atoms with van der Waals surface area (Å²) in [6.45, 7) is 4.15. The average molecular weight is 222 g/mol. The summed E-state index contributed by atoms with van der Waals surface area (Å²) in [5.41, 5.74) is 1.03. The Bertz CT molecular complexity index is 810. The lowest BCUT2D eigenvalue weighted by Gasteiger charge is -2.04. The first-order valence-electron chi connectivity index (χ1n) is 5.83. The van der Waals surface area contributed by atoms with Crippen molar-refractivity contribution in [3.63, 3.8) is 0 Å². The lowest BCUT2D eigenvalue weighted by Crippen LogP contribution is -2.31. The molecule has 3 aromatic rings. The third-order valence-corrected chi connectivity index (χ3v) is 3.20. The summed E-state index contributed by atoms with van der Waals surface area (Å²) < 4.78 is 2.15. The topological polar surface area (TPSA) is 17.3 Å². The van der Waals surface area contributed by atoms with E-state index < -0.39 is 0 Å². The second-order valence-corrected chi connectivity index (χ2v) is 4.04. The smallest absolute Gasteiger partial charge is 0.145 e. The van der Waals surface area contributed by atoms with Gasteiger partial charge in [-0.3, -0.25) is 4.40 Å². The molecule has 0 atom stereocenters. The molecule has 0 fully saturated rings. The maximum Gasteiger partial charge on any atom is 0.145 e. The summed E-state index contributed by atoms with van der Waals surface area (Å²) in [6.07, 6.45) is 8.17. The van der Waals surface area contributed by atoms with E-state index in [1.165, 1.54) is 21.3 Å². The number of benzene rings is 1. The van der Waals surface area contributed by atoms with Crippen molar-refractivity contribution in [1.82, 2.24) is 9.38 Å². The second-order valence-electron chi connectivity index (χ2n) is 4.04. The van der Waals surface area contributed by atoms with E-state index in [2.05, 4.69) is 59.6 Å². The number of rotatable bonds is 0. The zero-order valence-corrected chi connectivity index (χ0v) is 10.0. The van der Waals surface area contributed by atoms with Gasteiger partial charge in [-0.2, -0.15) is 0 Å². The Morgan fingerprint density at radius 1 is 1.06 bits per heavy atom. The summed E-state index contributed by atoms with van der Waals surface area (Å²) >= 11 is 0. The molecule has 0 saturated heterocycles. The van der Waals surface area contributed by atoms with Crippen LogP contribution in [0.15, 0.2) is 36.7 Å². The summed E-state index contributed by atoms with van der Waals surface area (Å²) in [6, 6.07) is 8.43. The van der Waals surface area contributed by atoms with Crippen LogP contribution in [0.4, 0.5) is 0 Å². The van der Waals surface area contributed by atoms with E-state index in [4.69, 9.17) is 0 Å². The normalized spacial score (nSPS) is 14.0. The minimum absolute atomic E-state index is 1.03. The molecule has 2 nitrogen and oxygen atoms in total. The summed E-state index contributed by atoms with van der Waals surface area (Å²) in [5, 5.41) is 4.95. The van der Waals surface area contributed by atoms with Gasteiger partial charge in [0.25, 0.3) is 0 Å². The van der Waals surface area contributed by atoms with Gasteiger partial charge >= 0.3 is 0 Å². The Labute approximate surface area is 99.5 Å². The molecular weight excluding hydrogens is 208 g/mol. The van der Waals surface area contributed by atoms with Crippen molar-refractivity contribution in [2.75, 3.05) is 0 Å². The maximum absolute atomic E-state index is 4.46. The fourth-order valence-corrected chi connectivity index (χ4v) is 2.48. The van der Waals surface area contributed by atoms with Crippen LogP contribution < -0.4 is 10.6 Å². The van der Waals surface area contributed by atoms with Crippen LogP contribution in [0.5, 0.6) is 0 Å². The highest BCUT2D eigenvalue weighted by Crippen LogP contribution is 2.13. The molecule has 0 radical (unpaired) electrons.